The fourth-order valence-electron chi connectivity index (χ4n) is 4.10. The first kappa shape index (κ1) is 20.6. The van der Waals surface area contributed by atoms with Crippen molar-refractivity contribution in [3.05, 3.63) is 70.8 Å². The minimum Gasteiger partial charge on any atom is -0.365 e. The highest BCUT2D eigenvalue weighted by atomic mass is 16.2. The summed E-state index contributed by atoms with van der Waals surface area (Å²) in [5, 5.41) is 2.28. The van der Waals surface area contributed by atoms with Crippen LogP contribution in [0.4, 0.5) is 16.2 Å². The lowest BCUT2D eigenvalue weighted by Crippen LogP contribution is -2.54. The van der Waals surface area contributed by atoms with Gasteiger partial charge in [0.15, 0.2) is 0 Å². The number of urea groups is 1. The van der Waals surface area contributed by atoms with E-state index in [-0.39, 0.29) is 11.1 Å². The molecule has 4 amide bonds. The van der Waals surface area contributed by atoms with E-state index >= 15 is 0 Å². The summed E-state index contributed by atoms with van der Waals surface area (Å²) < 4.78 is 0. The summed E-state index contributed by atoms with van der Waals surface area (Å²) in [5.74, 6) is -1.33. The number of para-hydroxylation sites is 1. The zero-order valence-corrected chi connectivity index (χ0v) is 18.3. The van der Waals surface area contributed by atoms with Crippen LogP contribution in [0.3, 0.4) is 0 Å². The second-order valence-electron chi connectivity index (χ2n) is 8.56. The average molecular weight is 415 g/mol. The van der Waals surface area contributed by atoms with E-state index in [1.165, 1.54) is 0 Å². The lowest BCUT2D eigenvalue weighted by Gasteiger charge is -2.41. The molecular weight excluding hydrogens is 390 g/mol. The van der Waals surface area contributed by atoms with Crippen LogP contribution in [0.1, 0.15) is 37.5 Å². The number of allylic oxidation sites excluding steroid dienone is 1. The highest BCUT2D eigenvalue weighted by Crippen LogP contribution is 2.39. The van der Waals surface area contributed by atoms with E-state index in [0.717, 1.165) is 32.9 Å². The number of amides is 4. The molecule has 0 spiro atoms. The summed E-state index contributed by atoms with van der Waals surface area (Å²) in [6.45, 7) is 8.33. The summed E-state index contributed by atoms with van der Waals surface area (Å²) in [6.07, 6.45) is 3.78. The summed E-state index contributed by atoms with van der Waals surface area (Å²) in [7, 11) is 2.06. The molecule has 0 unspecified atom stereocenters. The van der Waals surface area contributed by atoms with Crippen LogP contribution in [0, 0.1) is 6.92 Å². The molecule has 2 aromatic rings. The number of carbonyl (C=O) groups is 3. The maximum Gasteiger partial charge on any atom is 0.335 e. The van der Waals surface area contributed by atoms with E-state index in [0.29, 0.717) is 5.69 Å². The van der Waals surface area contributed by atoms with Gasteiger partial charge in [0, 0.05) is 18.3 Å². The smallest absolute Gasteiger partial charge is 0.335 e. The van der Waals surface area contributed by atoms with Gasteiger partial charge in [0.05, 0.1) is 11.2 Å². The molecular formula is C25H25N3O3. The predicted octanol–water partition coefficient (Wildman–Crippen LogP) is 4.29. The maximum atomic E-state index is 13.1. The van der Waals surface area contributed by atoms with Crippen molar-refractivity contribution in [2.24, 2.45) is 0 Å². The molecule has 2 heterocycles. The molecule has 2 aromatic carbocycles. The van der Waals surface area contributed by atoms with Crippen LogP contribution in [0.15, 0.2) is 54.1 Å². The lowest BCUT2D eigenvalue weighted by atomic mass is 9.87. The summed E-state index contributed by atoms with van der Waals surface area (Å²) >= 11 is 0. The second kappa shape index (κ2) is 7.23. The van der Waals surface area contributed by atoms with Gasteiger partial charge in [-0.2, -0.15) is 0 Å². The normalized spacial score (nSPS) is 19.3. The molecule has 4 rings (SSSR count). The first-order valence-corrected chi connectivity index (χ1v) is 10.1. The van der Waals surface area contributed by atoms with E-state index in [4.69, 9.17) is 0 Å². The number of likely N-dealkylation sites (N-methyl/N-ethyl adjacent to an activating group) is 1. The molecule has 0 bridgehead atoms. The van der Waals surface area contributed by atoms with Gasteiger partial charge in [-0.25, -0.2) is 9.69 Å². The van der Waals surface area contributed by atoms with Gasteiger partial charge >= 0.3 is 6.03 Å². The maximum absolute atomic E-state index is 13.1. The Hall–Kier alpha value is -3.67. The van der Waals surface area contributed by atoms with Crippen LogP contribution in [-0.4, -0.2) is 30.4 Å². The Kier molecular flexibility index (Phi) is 4.81. The molecule has 1 fully saturated rings. The Morgan fingerprint density at radius 1 is 1.00 bits per heavy atom. The summed E-state index contributed by atoms with van der Waals surface area (Å²) in [5.41, 5.74) is 5.22. The van der Waals surface area contributed by atoms with Crippen molar-refractivity contribution in [2.75, 3.05) is 16.8 Å². The van der Waals surface area contributed by atoms with Crippen molar-refractivity contribution in [2.45, 2.75) is 33.2 Å². The van der Waals surface area contributed by atoms with Crippen LogP contribution in [-0.2, 0) is 9.59 Å². The number of nitrogens with zero attached hydrogens (tertiary/aromatic N) is 2. The number of imide groups is 2. The summed E-state index contributed by atoms with van der Waals surface area (Å²) in [6, 6.07) is 11.9. The van der Waals surface area contributed by atoms with Gasteiger partial charge in [-0.1, -0.05) is 24.3 Å². The molecule has 1 saturated heterocycles. The van der Waals surface area contributed by atoms with E-state index in [1.54, 1.807) is 36.4 Å². The van der Waals surface area contributed by atoms with Crippen molar-refractivity contribution in [1.82, 2.24) is 5.32 Å². The number of carbonyl (C=O) groups excluding carboxylic acids is 3. The van der Waals surface area contributed by atoms with Gasteiger partial charge in [-0.3, -0.25) is 14.9 Å². The molecule has 31 heavy (non-hydrogen) atoms. The Balaban J connectivity index is 1.79. The highest BCUT2D eigenvalue weighted by molar-refractivity contribution is 6.39. The standard InChI is InChI=1S/C25H25N3O3/c1-15-11-21-19(16(2)14-25(3,4)27(21)5)12-17(15)13-20-22(29)26-24(31)28(23(20)30)18-9-7-6-8-10-18/h6-14H,1-5H3,(H,26,29,31)/b20-13-. The summed E-state index contributed by atoms with van der Waals surface area (Å²) in [4.78, 5) is 41.2. The molecule has 0 aliphatic carbocycles. The SMILES string of the molecule is CC1=CC(C)(C)N(C)c2cc(C)c(/C=C3/C(=O)NC(=O)N(c4ccccc4)C3=O)cc21. The number of rotatable bonds is 2. The van der Waals surface area contributed by atoms with Crippen molar-refractivity contribution in [3.63, 3.8) is 0 Å². The zero-order chi connectivity index (χ0) is 22.5. The molecule has 0 saturated carbocycles. The quantitative estimate of drug-likeness (QED) is 0.587. The Morgan fingerprint density at radius 2 is 1.68 bits per heavy atom. The van der Waals surface area contributed by atoms with E-state index < -0.39 is 17.8 Å². The van der Waals surface area contributed by atoms with E-state index in [2.05, 4.69) is 50.2 Å². The number of hydrogen-bond acceptors (Lipinski definition) is 4. The molecule has 2 aliphatic rings. The van der Waals surface area contributed by atoms with Gasteiger partial charge in [0.25, 0.3) is 11.8 Å². The minimum atomic E-state index is -0.747. The second-order valence-corrected chi connectivity index (χ2v) is 8.56. The number of anilines is 2. The monoisotopic (exact) mass is 415 g/mol. The molecule has 6 nitrogen and oxygen atoms in total. The van der Waals surface area contributed by atoms with Crippen molar-refractivity contribution in [1.29, 1.82) is 0 Å². The largest absolute Gasteiger partial charge is 0.365 e. The third kappa shape index (κ3) is 3.44. The zero-order valence-electron chi connectivity index (χ0n) is 18.3. The van der Waals surface area contributed by atoms with Crippen LogP contribution in [0.2, 0.25) is 0 Å². The van der Waals surface area contributed by atoms with Crippen molar-refractivity contribution in [3.8, 4) is 0 Å². The molecule has 6 heteroatoms. The van der Waals surface area contributed by atoms with E-state index in [9.17, 15) is 14.4 Å². The minimum absolute atomic E-state index is 0.0716. The number of barbiturate groups is 1. The van der Waals surface area contributed by atoms with Gasteiger partial charge in [0.1, 0.15) is 5.57 Å². The van der Waals surface area contributed by atoms with Gasteiger partial charge in [0.2, 0.25) is 0 Å². The van der Waals surface area contributed by atoms with Crippen molar-refractivity contribution >= 4 is 40.9 Å². The van der Waals surface area contributed by atoms with Crippen molar-refractivity contribution < 1.29 is 14.4 Å². The number of nitrogens with one attached hydrogen (secondary N) is 1. The molecule has 2 aliphatic heterocycles. The molecule has 0 atom stereocenters. The topological polar surface area (TPSA) is 69.7 Å². The molecule has 0 radical (unpaired) electrons. The Morgan fingerprint density at radius 3 is 2.35 bits per heavy atom. The number of hydrogen-bond donors (Lipinski definition) is 1. The van der Waals surface area contributed by atoms with Crippen LogP contribution < -0.4 is 15.1 Å². The first-order valence-electron chi connectivity index (χ1n) is 10.1. The average Bonchev–Trinajstić information content (AvgIpc) is 2.70. The molecule has 0 aromatic heterocycles. The van der Waals surface area contributed by atoms with Gasteiger partial charge in [-0.15, -0.1) is 0 Å². The molecule has 1 N–H and O–H groups in total. The number of benzene rings is 2. The highest BCUT2D eigenvalue weighted by Gasteiger charge is 2.37. The van der Waals surface area contributed by atoms with Gasteiger partial charge < -0.3 is 4.90 Å². The lowest BCUT2D eigenvalue weighted by molar-refractivity contribution is -0.122. The Labute approximate surface area is 181 Å². The van der Waals surface area contributed by atoms with E-state index in [1.807, 2.05) is 13.0 Å². The van der Waals surface area contributed by atoms with Gasteiger partial charge in [-0.05, 0) is 74.7 Å². The number of fused-ring (bicyclic) bond motifs is 1. The van der Waals surface area contributed by atoms with Crippen LogP contribution >= 0.6 is 0 Å². The third-order valence-electron chi connectivity index (χ3n) is 6.02. The molecule has 158 valence electrons. The fraction of sp³-hybridized carbons (Fsp3) is 0.240. The fourth-order valence-corrected chi connectivity index (χ4v) is 4.10. The first-order chi connectivity index (χ1) is 14.6. The van der Waals surface area contributed by atoms with Crippen LogP contribution in [0.25, 0.3) is 11.6 Å². The predicted molar refractivity (Wildman–Crippen MR) is 123 cm³/mol. The van der Waals surface area contributed by atoms with Crippen LogP contribution in [0.5, 0.6) is 0 Å². The number of aryl methyl sites for hydroxylation is 1. The third-order valence-corrected chi connectivity index (χ3v) is 6.02. The Bertz CT molecular complexity index is 1180.